The molecule has 1 atom stereocenters. The highest BCUT2D eigenvalue weighted by Gasteiger charge is 2.23. The van der Waals surface area contributed by atoms with E-state index in [1.54, 1.807) is 0 Å². The van der Waals surface area contributed by atoms with E-state index in [-0.39, 0.29) is 5.91 Å². The highest BCUT2D eigenvalue weighted by molar-refractivity contribution is 5.76. The Bertz CT molecular complexity index is 368. The molecule has 1 heterocycles. The fraction of sp³-hybridized carbons (Fsp3) is 0.583. The van der Waals surface area contributed by atoms with Gasteiger partial charge in [0, 0.05) is 24.5 Å². The smallest absolute Gasteiger partial charge is 0.240 e. The highest BCUT2D eigenvalue weighted by Crippen LogP contribution is 2.18. The van der Waals surface area contributed by atoms with Gasteiger partial charge in [0.25, 0.3) is 0 Å². The van der Waals surface area contributed by atoms with E-state index in [1.165, 1.54) is 5.56 Å². The molecule has 4 heteroatoms. The third-order valence-electron chi connectivity index (χ3n) is 2.98. The van der Waals surface area contributed by atoms with Gasteiger partial charge < -0.3 is 15.2 Å². The summed E-state index contributed by atoms with van der Waals surface area (Å²) in [6, 6.07) is 2.82. The number of amides is 1. The van der Waals surface area contributed by atoms with Gasteiger partial charge in [-0.25, -0.2) is 0 Å². The lowest BCUT2D eigenvalue weighted by atomic mass is 10.2. The number of carbonyl (C=O) groups excluding carboxylic acids is 1. The first-order chi connectivity index (χ1) is 7.69. The topological polar surface area (TPSA) is 46.1 Å². The van der Waals surface area contributed by atoms with Crippen molar-refractivity contribution in [2.45, 2.75) is 38.4 Å². The lowest BCUT2D eigenvalue weighted by Crippen LogP contribution is -2.28. The van der Waals surface area contributed by atoms with Gasteiger partial charge in [-0.1, -0.05) is 0 Å². The van der Waals surface area contributed by atoms with Crippen LogP contribution in [0.25, 0.3) is 0 Å². The molecule has 2 N–H and O–H groups in total. The van der Waals surface area contributed by atoms with Crippen molar-refractivity contribution in [3.63, 3.8) is 0 Å². The second kappa shape index (κ2) is 4.70. The minimum Gasteiger partial charge on any atom is -0.352 e. The summed E-state index contributed by atoms with van der Waals surface area (Å²) in [5.41, 5.74) is 1.21. The van der Waals surface area contributed by atoms with Crippen LogP contribution in [0.5, 0.6) is 0 Å². The first-order valence-electron chi connectivity index (χ1n) is 5.81. The quantitative estimate of drug-likeness (QED) is 0.780. The normalized spacial score (nSPS) is 17.1. The number of hydrogen-bond donors (Lipinski definition) is 2. The fourth-order valence-electron chi connectivity index (χ4n) is 1.65. The monoisotopic (exact) mass is 221 g/mol. The predicted octanol–water partition coefficient (Wildman–Crippen LogP) is 1.05. The summed E-state index contributed by atoms with van der Waals surface area (Å²) in [6.45, 7) is 2.52. The molecule has 16 heavy (non-hydrogen) atoms. The Hall–Kier alpha value is -1.29. The molecule has 88 valence electrons. The van der Waals surface area contributed by atoms with E-state index in [0.29, 0.717) is 18.6 Å². The third kappa shape index (κ3) is 2.85. The summed E-state index contributed by atoms with van der Waals surface area (Å²) in [5.74, 6) is 0.113. The number of aromatic nitrogens is 1. The van der Waals surface area contributed by atoms with Crippen molar-refractivity contribution in [2.24, 2.45) is 0 Å². The van der Waals surface area contributed by atoms with Gasteiger partial charge in [0.15, 0.2) is 0 Å². The molecule has 1 amide bonds. The van der Waals surface area contributed by atoms with E-state index in [2.05, 4.69) is 17.6 Å². The lowest BCUT2D eigenvalue weighted by Gasteiger charge is -2.07. The zero-order valence-electron chi connectivity index (χ0n) is 9.86. The Morgan fingerprint density at radius 2 is 2.38 bits per heavy atom. The van der Waals surface area contributed by atoms with Crippen LogP contribution in [0.3, 0.4) is 0 Å². The van der Waals surface area contributed by atoms with E-state index in [1.807, 2.05) is 30.1 Å². The summed E-state index contributed by atoms with van der Waals surface area (Å²) < 4.78 is 1.93. The molecule has 1 fully saturated rings. The van der Waals surface area contributed by atoms with Gasteiger partial charge >= 0.3 is 0 Å². The van der Waals surface area contributed by atoms with E-state index >= 15 is 0 Å². The van der Waals surface area contributed by atoms with E-state index in [9.17, 15) is 4.79 Å². The van der Waals surface area contributed by atoms with Gasteiger partial charge in [-0.2, -0.15) is 0 Å². The zero-order valence-corrected chi connectivity index (χ0v) is 9.86. The number of carbonyl (C=O) groups is 1. The summed E-state index contributed by atoms with van der Waals surface area (Å²) in [7, 11) is 1.93. The Labute approximate surface area is 96.0 Å². The van der Waals surface area contributed by atoms with Gasteiger partial charge in [-0.05, 0) is 38.4 Å². The fourth-order valence-corrected chi connectivity index (χ4v) is 1.65. The van der Waals surface area contributed by atoms with Gasteiger partial charge in [0.05, 0.1) is 0 Å². The predicted molar refractivity (Wildman–Crippen MR) is 63.1 cm³/mol. The molecule has 2 rings (SSSR count). The maximum Gasteiger partial charge on any atom is 0.240 e. The van der Waals surface area contributed by atoms with Crippen LogP contribution >= 0.6 is 0 Å². The van der Waals surface area contributed by atoms with Gasteiger partial charge in [-0.15, -0.1) is 0 Å². The van der Waals surface area contributed by atoms with E-state index in [0.717, 1.165) is 12.8 Å². The van der Waals surface area contributed by atoms with Gasteiger partial charge in [-0.3, -0.25) is 4.79 Å². The molecule has 0 radical (unpaired) electrons. The maximum atomic E-state index is 11.6. The van der Waals surface area contributed by atoms with E-state index in [4.69, 9.17) is 0 Å². The number of rotatable bonds is 5. The Kier molecular flexibility index (Phi) is 3.29. The second-order valence-corrected chi connectivity index (χ2v) is 4.47. The molecule has 0 aliphatic heterocycles. The molecule has 0 spiro atoms. The van der Waals surface area contributed by atoms with Crippen LogP contribution in [0.4, 0.5) is 0 Å². The first-order valence-corrected chi connectivity index (χ1v) is 5.81. The number of hydrogen-bond acceptors (Lipinski definition) is 2. The molecule has 1 aliphatic rings. The largest absolute Gasteiger partial charge is 0.352 e. The number of nitrogens with one attached hydrogen (secondary N) is 2. The van der Waals surface area contributed by atoms with Crippen molar-refractivity contribution < 1.29 is 4.79 Å². The van der Waals surface area contributed by atoms with Crippen molar-refractivity contribution in [3.8, 4) is 0 Å². The van der Waals surface area contributed by atoms with Crippen LogP contribution in [-0.2, 0) is 11.3 Å². The van der Waals surface area contributed by atoms with E-state index < -0.39 is 0 Å². The molecule has 1 saturated carbocycles. The Morgan fingerprint density at radius 3 is 3.00 bits per heavy atom. The van der Waals surface area contributed by atoms with Crippen LogP contribution in [-0.4, -0.2) is 23.6 Å². The Morgan fingerprint density at radius 1 is 1.62 bits per heavy atom. The molecule has 1 aliphatic carbocycles. The average molecular weight is 221 g/mol. The maximum absolute atomic E-state index is 11.6. The molecule has 0 bridgehead atoms. The first kappa shape index (κ1) is 11.2. The van der Waals surface area contributed by atoms with Crippen LogP contribution in [0, 0.1) is 0 Å². The molecule has 0 saturated heterocycles. The summed E-state index contributed by atoms with van der Waals surface area (Å²) in [5, 5.41) is 6.16. The van der Waals surface area contributed by atoms with Crippen LogP contribution < -0.4 is 10.6 Å². The molecular weight excluding hydrogens is 202 g/mol. The molecule has 1 aromatic heterocycles. The van der Waals surface area contributed by atoms with Crippen molar-refractivity contribution in [3.05, 3.63) is 24.0 Å². The van der Waals surface area contributed by atoms with Gasteiger partial charge in [0.2, 0.25) is 5.91 Å². The Balaban J connectivity index is 1.88. The molecule has 1 aromatic rings. The van der Waals surface area contributed by atoms with Crippen molar-refractivity contribution >= 4 is 5.91 Å². The average Bonchev–Trinajstić information content (AvgIpc) is 2.94. The van der Waals surface area contributed by atoms with Crippen LogP contribution in [0.2, 0.25) is 0 Å². The highest BCUT2D eigenvalue weighted by atomic mass is 16.2. The number of nitrogens with zero attached hydrogens (tertiary/aromatic N) is 1. The van der Waals surface area contributed by atoms with Crippen molar-refractivity contribution in [1.29, 1.82) is 0 Å². The van der Waals surface area contributed by atoms with Crippen LogP contribution in [0.15, 0.2) is 18.5 Å². The van der Waals surface area contributed by atoms with Gasteiger partial charge in [0.1, 0.15) is 6.54 Å². The van der Waals surface area contributed by atoms with Crippen molar-refractivity contribution in [1.82, 2.24) is 15.2 Å². The standard InChI is InChI=1S/C12H19N3O/c1-9(13-2)10-5-6-15(7-10)8-12(16)14-11-3-4-11/h5-7,9,11,13H,3-4,8H2,1-2H3,(H,14,16). The summed E-state index contributed by atoms with van der Waals surface area (Å²) in [4.78, 5) is 11.6. The lowest BCUT2D eigenvalue weighted by molar-refractivity contribution is -0.121. The minimum absolute atomic E-state index is 0.113. The summed E-state index contributed by atoms with van der Waals surface area (Å²) >= 11 is 0. The van der Waals surface area contributed by atoms with Crippen molar-refractivity contribution in [2.75, 3.05) is 7.05 Å². The van der Waals surface area contributed by atoms with Crippen LogP contribution in [0.1, 0.15) is 31.4 Å². The zero-order chi connectivity index (χ0) is 11.5. The second-order valence-electron chi connectivity index (χ2n) is 4.47. The molecular formula is C12H19N3O. The summed E-state index contributed by atoms with van der Waals surface area (Å²) in [6.07, 6.45) is 6.25. The minimum atomic E-state index is 0.113. The SMILES string of the molecule is CNC(C)c1ccn(CC(=O)NC2CC2)c1. The molecule has 1 unspecified atom stereocenters. The molecule has 0 aromatic carbocycles. The molecule has 4 nitrogen and oxygen atoms in total. The third-order valence-corrected chi connectivity index (χ3v) is 2.98.